The Morgan fingerprint density at radius 3 is 2.88 bits per heavy atom. The molecule has 3 heteroatoms. The van der Waals surface area contributed by atoms with Crippen LogP contribution in [0.1, 0.15) is 24.7 Å². The average molecular weight is 231 g/mol. The fourth-order valence-corrected chi connectivity index (χ4v) is 2.26. The molecule has 0 aliphatic carbocycles. The van der Waals surface area contributed by atoms with Crippen LogP contribution in [0.4, 0.5) is 0 Å². The van der Waals surface area contributed by atoms with E-state index in [1.165, 1.54) is 16.9 Å². The van der Waals surface area contributed by atoms with Crippen molar-refractivity contribution in [1.82, 2.24) is 14.9 Å². The van der Waals surface area contributed by atoms with Crippen molar-refractivity contribution in [3.05, 3.63) is 29.6 Å². The van der Waals surface area contributed by atoms with Crippen molar-refractivity contribution < 1.29 is 0 Å². The summed E-state index contributed by atoms with van der Waals surface area (Å²) in [6.45, 7) is 6.34. The molecule has 0 saturated heterocycles. The molecule has 0 aliphatic heterocycles. The summed E-state index contributed by atoms with van der Waals surface area (Å²) in [5.41, 5.74) is 3.67. The molecule has 1 aromatic heterocycles. The van der Waals surface area contributed by atoms with Gasteiger partial charge in [0.05, 0.1) is 11.0 Å². The smallest absolute Gasteiger partial charge is 0.109 e. The summed E-state index contributed by atoms with van der Waals surface area (Å²) in [4.78, 5) is 4.75. The first-order valence-corrected chi connectivity index (χ1v) is 6.36. The summed E-state index contributed by atoms with van der Waals surface area (Å²) in [5, 5.41) is 3.18. The average Bonchev–Trinajstić information content (AvgIpc) is 2.66. The molecule has 0 aliphatic rings. The van der Waals surface area contributed by atoms with E-state index in [4.69, 9.17) is 4.98 Å². The number of hydrogen-bond acceptors (Lipinski definition) is 2. The van der Waals surface area contributed by atoms with E-state index in [2.05, 4.69) is 41.9 Å². The Balaban J connectivity index is 2.34. The lowest BCUT2D eigenvalue weighted by molar-refractivity contribution is 0.657. The van der Waals surface area contributed by atoms with Gasteiger partial charge in [-0.3, -0.25) is 0 Å². The van der Waals surface area contributed by atoms with Gasteiger partial charge in [-0.25, -0.2) is 4.98 Å². The van der Waals surface area contributed by atoms with Crippen LogP contribution in [0.2, 0.25) is 0 Å². The van der Waals surface area contributed by atoms with Crippen molar-refractivity contribution in [3.8, 4) is 0 Å². The highest BCUT2D eigenvalue weighted by Crippen LogP contribution is 2.18. The van der Waals surface area contributed by atoms with Gasteiger partial charge in [-0.15, -0.1) is 0 Å². The highest BCUT2D eigenvalue weighted by atomic mass is 15.1. The lowest BCUT2D eigenvalue weighted by Crippen LogP contribution is -2.10. The van der Waals surface area contributed by atoms with Crippen LogP contribution in [-0.4, -0.2) is 23.1 Å². The van der Waals surface area contributed by atoms with Crippen LogP contribution in [0.3, 0.4) is 0 Å². The van der Waals surface area contributed by atoms with E-state index in [-0.39, 0.29) is 0 Å². The van der Waals surface area contributed by atoms with Crippen LogP contribution >= 0.6 is 0 Å². The fourth-order valence-electron chi connectivity index (χ4n) is 2.26. The summed E-state index contributed by atoms with van der Waals surface area (Å²) >= 11 is 0. The van der Waals surface area contributed by atoms with Crippen molar-refractivity contribution >= 4 is 11.0 Å². The zero-order valence-corrected chi connectivity index (χ0v) is 11.0. The van der Waals surface area contributed by atoms with Crippen molar-refractivity contribution in [3.63, 3.8) is 0 Å². The lowest BCUT2D eigenvalue weighted by Gasteiger charge is -2.05. The molecular formula is C14H21N3. The third kappa shape index (κ3) is 2.50. The molecule has 1 N–H and O–H groups in total. The Morgan fingerprint density at radius 2 is 2.18 bits per heavy atom. The Morgan fingerprint density at radius 1 is 1.35 bits per heavy atom. The highest BCUT2D eigenvalue weighted by molar-refractivity contribution is 5.76. The summed E-state index contributed by atoms with van der Waals surface area (Å²) < 4.78 is 2.32. The molecule has 0 unspecified atom stereocenters. The van der Waals surface area contributed by atoms with Crippen LogP contribution in [0, 0.1) is 6.92 Å². The third-order valence-corrected chi connectivity index (χ3v) is 3.13. The Hall–Kier alpha value is -1.35. The maximum atomic E-state index is 4.75. The maximum Gasteiger partial charge on any atom is 0.109 e. The normalized spacial score (nSPS) is 11.2. The van der Waals surface area contributed by atoms with E-state index >= 15 is 0 Å². The Bertz CT molecular complexity index is 499. The Kier molecular flexibility index (Phi) is 3.79. The predicted molar refractivity (Wildman–Crippen MR) is 72.4 cm³/mol. The van der Waals surface area contributed by atoms with E-state index in [1.807, 2.05) is 7.05 Å². The summed E-state index contributed by atoms with van der Waals surface area (Å²) in [6.07, 6.45) is 2.18. The molecule has 2 aromatic rings. The first-order valence-electron chi connectivity index (χ1n) is 6.36. The van der Waals surface area contributed by atoms with Gasteiger partial charge in [0.1, 0.15) is 5.82 Å². The minimum atomic E-state index is 0.994. The van der Waals surface area contributed by atoms with Gasteiger partial charge in [-0.05, 0) is 51.6 Å². The second-order valence-corrected chi connectivity index (χ2v) is 4.47. The number of nitrogens with one attached hydrogen (secondary N) is 1. The van der Waals surface area contributed by atoms with Crippen LogP contribution < -0.4 is 5.32 Å². The molecule has 0 atom stereocenters. The SMILES string of the molecule is CCn1c(CCCNC)nc2cc(C)ccc21. The van der Waals surface area contributed by atoms with Crippen molar-refractivity contribution in [2.75, 3.05) is 13.6 Å². The van der Waals surface area contributed by atoms with E-state index < -0.39 is 0 Å². The molecule has 2 rings (SSSR count). The summed E-state index contributed by atoms with van der Waals surface area (Å²) in [7, 11) is 1.99. The molecule has 1 heterocycles. The molecule has 0 saturated carbocycles. The van der Waals surface area contributed by atoms with Crippen molar-refractivity contribution in [1.29, 1.82) is 0 Å². The first kappa shape index (κ1) is 12.1. The monoisotopic (exact) mass is 231 g/mol. The summed E-state index contributed by atoms with van der Waals surface area (Å²) in [6, 6.07) is 6.51. The fraction of sp³-hybridized carbons (Fsp3) is 0.500. The maximum absolute atomic E-state index is 4.75. The van der Waals surface area contributed by atoms with Crippen LogP contribution in [0.15, 0.2) is 18.2 Å². The molecule has 0 radical (unpaired) electrons. The topological polar surface area (TPSA) is 29.9 Å². The van der Waals surface area contributed by atoms with Crippen molar-refractivity contribution in [2.45, 2.75) is 33.2 Å². The van der Waals surface area contributed by atoms with Crippen LogP contribution in [0.5, 0.6) is 0 Å². The molecule has 0 fully saturated rings. The molecule has 0 amide bonds. The minimum absolute atomic E-state index is 0.994. The van der Waals surface area contributed by atoms with Gasteiger partial charge in [0.25, 0.3) is 0 Å². The second-order valence-electron chi connectivity index (χ2n) is 4.47. The Labute approximate surface area is 103 Å². The van der Waals surface area contributed by atoms with E-state index in [1.54, 1.807) is 0 Å². The van der Waals surface area contributed by atoms with Gasteiger partial charge in [0.2, 0.25) is 0 Å². The van der Waals surface area contributed by atoms with E-state index in [9.17, 15) is 0 Å². The number of aryl methyl sites for hydroxylation is 3. The number of imidazole rings is 1. The third-order valence-electron chi connectivity index (χ3n) is 3.13. The van der Waals surface area contributed by atoms with E-state index in [0.717, 1.165) is 31.4 Å². The summed E-state index contributed by atoms with van der Waals surface area (Å²) in [5.74, 6) is 1.21. The molecule has 17 heavy (non-hydrogen) atoms. The molecule has 0 bridgehead atoms. The van der Waals surface area contributed by atoms with Gasteiger partial charge in [0, 0.05) is 13.0 Å². The first-order chi connectivity index (χ1) is 8.26. The standard InChI is InChI=1S/C14H21N3/c1-4-17-13-8-7-11(2)10-12(13)16-14(17)6-5-9-15-3/h7-8,10,15H,4-6,9H2,1-3H3. The number of fused-ring (bicyclic) bond motifs is 1. The van der Waals surface area contributed by atoms with Gasteiger partial charge in [-0.2, -0.15) is 0 Å². The molecule has 1 aromatic carbocycles. The quantitative estimate of drug-likeness (QED) is 0.801. The van der Waals surface area contributed by atoms with Gasteiger partial charge in [0.15, 0.2) is 0 Å². The number of aromatic nitrogens is 2. The van der Waals surface area contributed by atoms with Gasteiger partial charge >= 0.3 is 0 Å². The molecule has 3 nitrogen and oxygen atoms in total. The molecular weight excluding hydrogens is 210 g/mol. The minimum Gasteiger partial charge on any atom is -0.328 e. The molecule has 92 valence electrons. The number of hydrogen-bond donors (Lipinski definition) is 1. The van der Waals surface area contributed by atoms with E-state index in [0.29, 0.717) is 0 Å². The van der Waals surface area contributed by atoms with Crippen LogP contribution in [0.25, 0.3) is 11.0 Å². The molecule has 0 spiro atoms. The zero-order chi connectivity index (χ0) is 12.3. The highest BCUT2D eigenvalue weighted by Gasteiger charge is 2.08. The lowest BCUT2D eigenvalue weighted by atomic mass is 10.2. The number of benzene rings is 1. The number of rotatable bonds is 5. The van der Waals surface area contributed by atoms with Gasteiger partial charge < -0.3 is 9.88 Å². The largest absolute Gasteiger partial charge is 0.328 e. The van der Waals surface area contributed by atoms with Crippen LogP contribution in [-0.2, 0) is 13.0 Å². The number of nitrogens with zero attached hydrogens (tertiary/aromatic N) is 2. The van der Waals surface area contributed by atoms with Gasteiger partial charge in [-0.1, -0.05) is 6.07 Å². The van der Waals surface area contributed by atoms with Crippen molar-refractivity contribution in [2.24, 2.45) is 0 Å². The second kappa shape index (κ2) is 5.32. The zero-order valence-electron chi connectivity index (χ0n) is 11.0. The predicted octanol–water partition coefficient (Wildman–Crippen LogP) is 2.52.